The number of carbonyl (C=O) groups is 1. The highest BCUT2D eigenvalue weighted by Crippen LogP contribution is 1.99. The molecule has 0 spiro atoms. The summed E-state index contributed by atoms with van der Waals surface area (Å²) < 4.78 is 4.92. The van der Waals surface area contributed by atoms with E-state index in [2.05, 4.69) is 26.0 Å². The Morgan fingerprint density at radius 3 is 3.06 bits per heavy atom. The quantitative estimate of drug-likeness (QED) is 0.776. The highest BCUT2D eigenvalue weighted by atomic mass is 32.1. The van der Waals surface area contributed by atoms with Crippen LogP contribution in [0.2, 0.25) is 0 Å². The van der Waals surface area contributed by atoms with Gasteiger partial charge in [-0.1, -0.05) is 5.10 Å². The van der Waals surface area contributed by atoms with Gasteiger partial charge in [0, 0.05) is 0 Å². The zero-order valence-corrected chi connectivity index (χ0v) is 10.3. The van der Waals surface area contributed by atoms with E-state index in [0.29, 0.717) is 6.54 Å². The first-order chi connectivity index (χ1) is 8.69. The van der Waals surface area contributed by atoms with Crippen LogP contribution in [0.5, 0.6) is 0 Å². The lowest BCUT2D eigenvalue weighted by atomic mass is 10.4. The Kier molecular flexibility index (Phi) is 3.63. The summed E-state index contributed by atoms with van der Waals surface area (Å²) in [4.78, 5) is 13.0. The topological polar surface area (TPSA) is 97.9 Å². The molecule has 0 aromatic carbocycles. The minimum absolute atomic E-state index is 0.0760. The van der Waals surface area contributed by atoms with Gasteiger partial charge in [-0.25, -0.2) is 0 Å². The summed E-state index contributed by atoms with van der Waals surface area (Å²) in [5.74, 6) is -0.0497. The maximum absolute atomic E-state index is 11.6. The molecule has 2 heterocycles. The molecule has 0 saturated carbocycles. The van der Waals surface area contributed by atoms with Crippen LogP contribution in [0.25, 0.3) is 0 Å². The van der Waals surface area contributed by atoms with E-state index in [1.165, 1.54) is 17.1 Å². The summed E-state index contributed by atoms with van der Waals surface area (Å²) in [7, 11) is 0. The molecule has 9 heteroatoms. The number of amides is 1. The summed E-state index contributed by atoms with van der Waals surface area (Å²) in [6.45, 7) is 2.47. The molecule has 94 valence electrons. The first-order valence-corrected chi connectivity index (χ1v) is 5.53. The number of furan rings is 1. The van der Waals surface area contributed by atoms with Gasteiger partial charge >= 0.3 is 0 Å². The van der Waals surface area contributed by atoms with E-state index in [0.717, 1.165) is 0 Å². The Hall–Kier alpha value is -2.29. The summed E-state index contributed by atoms with van der Waals surface area (Å²) in [5.41, 5.74) is 0. The van der Waals surface area contributed by atoms with Gasteiger partial charge in [0.1, 0.15) is 0 Å². The Balaban J connectivity index is 1.91. The predicted octanol–water partition coefficient (Wildman–Crippen LogP) is 0.413. The average Bonchev–Trinajstić information content (AvgIpc) is 2.98. The number of anilines is 1. The van der Waals surface area contributed by atoms with Crippen molar-refractivity contribution in [2.45, 2.75) is 13.5 Å². The molecule has 0 atom stereocenters. The van der Waals surface area contributed by atoms with Crippen molar-refractivity contribution in [2.24, 2.45) is 0 Å². The molecular weight excluding hydrogens is 256 g/mol. The number of rotatable bonds is 3. The summed E-state index contributed by atoms with van der Waals surface area (Å²) in [6.07, 6.45) is 1.40. The molecule has 2 aromatic rings. The third-order valence-electron chi connectivity index (χ3n) is 1.93. The number of aryl methyl sites for hydroxylation is 1. The van der Waals surface area contributed by atoms with E-state index in [1.54, 1.807) is 6.07 Å². The molecule has 0 aliphatic heterocycles. The van der Waals surface area contributed by atoms with Crippen LogP contribution < -0.4 is 10.6 Å². The Morgan fingerprint density at radius 2 is 2.44 bits per heavy atom. The number of tetrazole rings is 1. The smallest absolute Gasteiger partial charge is 0.293 e. The fourth-order valence-corrected chi connectivity index (χ4v) is 1.32. The molecule has 0 bridgehead atoms. The monoisotopic (exact) mass is 266 g/mol. The third-order valence-corrected chi connectivity index (χ3v) is 2.14. The van der Waals surface area contributed by atoms with Gasteiger partial charge in [-0.05, 0) is 36.5 Å². The largest absolute Gasteiger partial charge is 0.459 e. The van der Waals surface area contributed by atoms with Crippen molar-refractivity contribution in [3.8, 4) is 0 Å². The van der Waals surface area contributed by atoms with Gasteiger partial charge in [-0.3, -0.25) is 15.4 Å². The van der Waals surface area contributed by atoms with Crippen LogP contribution in [0.1, 0.15) is 17.5 Å². The molecule has 0 aliphatic carbocycles. The lowest BCUT2D eigenvalue weighted by molar-refractivity contribution is 0.0950. The molecule has 2 N–H and O–H groups in total. The van der Waals surface area contributed by atoms with Crippen LogP contribution in [0.15, 0.2) is 22.8 Å². The van der Waals surface area contributed by atoms with Crippen molar-refractivity contribution < 1.29 is 9.21 Å². The van der Waals surface area contributed by atoms with Crippen LogP contribution in [0.3, 0.4) is 0 Å². The zero-order chi connectivity index (χ0) is 13.0. The molecule has 2 aromatic heterocycles. The maximum Gasteiger partial charge on any atom is 0.293 e. The molecule has 0 saturated heterocycles. The Bertz CT molecular complexity index is 549. The van der Waals surface area contributed by atoms with E-state index in [1.807, 2.05) is 6.92 Å². The van der Waals surface area contributed by atoms with Crippen LogP contribution in [-0.4, -0.2) is 31.2 Å². The number of aromatic nitrogens is 4. The van der Waals surface area contributed by atoms with E-state index < -0.39 is 5.91 Å². The van der Waals surface area contributed by atoms with Crippen molar-refractivity contribution in [3.63, 3.8) is 0 Å². The van der Waals surface area contributed by atoms with E-state index >= 15 is 0 Å². The van der Waals surface area contributed by atoms with Gasteiger partial charge in [0.25, 0.3) is 11.9 Å². The fourth-order valence-electron chi connectivity index (χ4n) is 1.13. The van der Waals surface area contributed by atoms with Crippen LogP contribution in [-0.2, 0) is 6.54 Å². The lowest BCUT2D eigenvalue weighted by Crippen LogP contribution is -2.34. The number of hydrogen-bond donors (Lipinski definition) is 2. The van der Waals surface area contributed by atoms with Crippen LogP contribution in [0, 0.1) is 0 Å². The van der Waals surface area contributed by atoms with Gasteiger partial charge in [0.05, 0.1) is 12.8 Å². The lowest BCUT2D eigenvalue weighted by Gasteiger charge is -2.03. The second kappa shape index (κ2) is 5.36. The molecule has 2 rings (SSSR count). The number of carbonyl (C=O) groups excluding carboxylic acids is 1. The minimum atomic E-state index is -0.444. The van der Waals surface area contributed by atoms with Crippen molar-refractivity contribution in [3.05, 3.63) is 24.2 Å². The zero-order valence-electron chi connectivity index (χ0n) is 9.45. The van der Waals surface area contributed by atoms with Crippen molar-refractivity contribution in [1.29, 1.82) is 0 Å². The second-order valence-electron chi connectivity index (χ2n) is 3.19. The summed E-state index contributed by atoms with van der Waals surface area (Å²) in [6, 6.07) is 3.14. The molecule has 0 aliphatic rings. The molecule has 1 amide bonds. The molecule has 8 nitrogen and oxygen atoms in total. The van der Waals surface area contributed by atoms with Crippen molar-refractivity contribution in [2.75, 3.05) is 5.32 Å². The predicted molar refractivity (Wildman–Crippen MR) is 65.9 cm³/mol. The first kappa shape index (κ1) is 12.2. The molecular formula is C9H10N6O2S. The van der Waals surface area contributed by atoms with E-state index in [4.69, 9.17) is 16.6 Å². The number of nitrogens with one attached hydrogen (secondary N) is 2. The normalized spacial score (nSPS) is 10.1. The van der Waals surface area contributed by atoms with Gasteiger partial charge in [-0.15, -0.1) is 5.10 Å². The average molecular weight is 266 g/mol. The van der Waals surface area contributed by atoms with Gasteiger partial charge < -0.3 is 4.42 Å². The maximum atomic E-state index is 11.6. The Morgan fingerprint density at radius 1 is 1.61 bits per heavy atom. The second-order valence-corrected chi connectivity index (χ2v) is 3.60. The minimum Gasteiger partial charge on any atom is -0.459 e. The fraction of sp³-hybridized carbons (Fsp3) is 0.222. The highest BCUT2D eigenvalue weighted by Gasteiger charge is 2.11. The van der Waals surface area contributed by atoms with Gasteiger partial charge in [0.15, 0.2) is 10.9 Å². The molecule has 18 heavy (non-hydrogen) atoms. The number of nitrogens with zero attached hydrogens (tertiary/aromatic N) is 4. The van der Waals surface area contributed by atoms with Crippen LogP contribution in [0.4, 0.5) is 5.95 Å². The summed E-state index contributed by atoms with van der Waals surface area (Å²) in [5, 5.41) is 16.6. The standard InChI is InChI=1S/C9H10N6O2S/c1-2-15-13-8(12-14-15)11-9(18)10-7(16)6-4-3-5-17-6/h3-5H,2H2,1H3,(H2,10,11,13,16,18). The number of hydrogen-bond acceptors (Lipinski definition) is 6. The number of thiocarbonyl (C=S) groups is 1. The van der Waals surface area contributed by atoms with E-state index in [-0.39, 0.29) is 16.8 Å². The van der Waals surface area contributed by atoms with Gasteiger partial charge in [-0.2, -0.15) is 4.80 Å². The van der Waals surface area contributed by atoms with Crippen molar-refractivity contribution >= 4 is 29.2 Å². The van der Waals surface area contributed by atoms with E-state index in [9.17, 15) is 4.79 Å². The van der Waals surface area contributed by atoms with Crippen molar-refractivity contribution in [1.82, 2.24) is 25.5 Å². The molecule has 0 radical (unpaired) electrons. The SMILES string of the molecule is CCn1nnc(NC(=S)NC(=O)c2ccco2)n1. The van der Waals surface area contributed by atoms with Crippen LogP contribution >= 0.6 is 12.2 Å². The summed E-state index contributed by atoms with van der Waals surface area (Å²) >= 11 is 4.93. The molecule has 0 fully saturated rings. The van der Waals surface area contributed by atoms with Gasteiger partial charge in [0.2, 0.25) is 0 Å². The molecule has 0 unspecified atom stereocenters. The third kappa shape index (κ3) is 2.88. The highest BCUT2D eigenvalue weighted by molar-refractivity contribution is 7.80. The Labute approximate surface area is 107 Å². The first-order valence-electron chi connectivity index (χ1n) is 5.12.